The lowest BCUT2D eigenvalue weighted by Gasteiger charge is -2.04. The Morgan fingerprint density at radius 3 is 2.62 bits per heavy atom. The topological polar surface area (TPSA) is 99.9 Å². The zero-order valence-electron chi connectivity index (χ0n) is 13.9. The van der Waals surface area contributed by atoms with Crippen molar-refractivity contribution in [1.29, 1.82) is 0 Å². The van der Waals surface area contributed by atoms with Crippen LogP contribution in [0.5, 0.6) is 17.2 Å². The third-order valence-electron chi connectivity index (χ3n) is 3.76. The molecule has 2 aromatic rings. The van der Waals surface area contributed by atoms with E-state index in [0.29, 0.717) is 18.0 Å². The molecule has 134 valence electrons. The molecule has 0 aliphatic carbocycles. The van der Waals surface area contributed by atoms with Crippen molar-refractivity contribution in [1.82, 2.24) is 5.32 Å². The van der Waals surface area contributed by atoms with Crippen LogP contribution in [-0.4, -0.2) is 24.7 Å². The van der Waals surface area contributed by atoms with Crippen LogP contribution in [0.3, 0.4) is 0 Å². The van der Waals surface area contributed by atoms with E-state index in [1.807, 2.05) is 12.1 Å². The van der Waals surface area contributed by atoms with Gasteiger partial charge in [-0.2, -0.15) is 0 Å². The van der Waals surface area contributed by atoms with Gasteiger partial charge in [0, 0.05) is 12.6 Å². The number of carbonyl (C=O) groups is 1. The van der Waals surface area contributed by atoms with Crippen LogP contribution in [0.2, 0.25) is 0 Å². The van der Waals surface area contributed by atoms with Crippen molar-refractivity contribution in [3.8, 4) is 17.2 Å². The molecule has 0 saturated carbocycles. The molecule has 0 bridgehead atoms. The van der Waals surface area contributed by atoms with E-state index in [1.54, 1.807) is 19.2 Å². The van der Waals surface area contributed by atoms with Gasteiger partial charge in [-0.15, -0.1) is 0 Å². The monoisotopic (exact) mass is 356 g/mol. The van der Waals surface area contributed by atoms with Gasteiger partial charge in [0.15, 0.2) is 11.5 Å². The number of carbonyl (C=O) groups excluding carboxylic acids is 1. The highest BCUT2D eigenvalue weighted by Gasteiger charge is 2.22. The summed E-state index contributed by atoms with van der Waals surface area (Å²) in [7, 11) is 1.58. The van der Waals surface area contributed by atoms with E-state index in [2.05, 4.69) is 5.32 Å². The van der Waals surface area contributed by atoms with Gasteiger partial charge in [-0.3, -0.25) is 14.9 Å². The van der Waals surface area contributed by atoms with Gasteiger partial charge in [-0.05, 0) is 29.8 Å². The molecule has 0 radical (unpaired) electrons. The highest BCUT2D eigenvalue weighted by Crippen LogP contribution is 2.38. The van der Waals surface area contributed by atoms with Crippen LogP contribution in [0.25, 0.3) is 6.08 Å². The first-order valence-electron chi connectivity index (χ1n) is 7.73. The summed E-state index contributed by atoms with van der Waals surface area (Å²) in [5.41, 5.74) is 1.01. The fourth-order valence-corrected chi connectivity index (χ4v) is 2.40. The van der Waals surface area contributed by atoms with Crippen LogP contribution in [0.15, 0.2) is 42.5 Å². The normalized spacial score (nSPS) is 12.2. The number of nitrogens with one attached hydrogen (secondary N) is 1. The molecule has 8 heteroatoms. The molecular weight excluding hydrogens is 340 g/mol. The predicted molar refractivity (Wildman–Crippen MR) is 93.1 cm³/mol. The second-order valence-electron chi connectivity index (χ2n) is 5.42. The Morgan fingerprint density at radius 1 is 1.27 bits per heavy atom. The number of benzene rings is 2. The van der Waals surface area contributed by atoms with Crippen molar-refractivity contribution in [2.24, 2.45) is 0 Å². The van der Waals surface area contributed by atoms with Gasteiger partial charge in [0.05, 0.1) is 23.7 Å². The van der Waals surface area contributed by atoms with Gasteiger partial charge < -0.3 is 19.5 Å². The van der Waals surface area contributed by atoms with E-state index in [4.69, 9.17) is 14.2 Å². The van der Waals surface area contributed by atoms with E-state index in [-0.39, 0.29) is 24.0 Å². The molecule has 1 N–H and O–H groups in total. The van der Waals surface area contributed by atoms with Crippen molar-refractivity contribution in [3.63, 3.8) is 0 Å². The Balaban J connectivity index is 1.67. The quantitative estimate of drug-likeness (QED) is 0.485. The summed E-state index contributed by atoms with van der Waals surface area (Å²) in [5.74, 6) is 1.09. The molecule has 0 fully saturated rings. The molecule has 2 aromatic carbocycles. The molecule has 26 heavy (non-hydrogen) atoms. The molecule has 3 rings (SSSR count). The summed E-state index contributed by atoms with van der Waals surface area (Å²) in [4.78, 5) is 22.6. The van der Waals surface area contributed by atoms with Gasteiger partial charge in [-0.1, -0.05) is 12.1 Å². The molecule has 1 heterocycles. The number of ether oxygens (including phenoxy) is 3. The smallest absolute Gasteiger partial charge is 0.280 e. The average molecular weight is 356 g/mol. The van der Waals surface area contributed by atoms with Crippen LogP contribution >= 0.6 is 0 Å². The molecule has 0 spiro atoms. The van der Waals surface area contributed by atoms with E-state index in [1.165, 1.54) is 24.3 Å². The first kappa shape index (κ1) is 17.3. The van der Waals surface area contributed by atoms with E-state index < -0.39 is 4.92 Å². The number of fused-ring (bicyclic) bond motifs is 1. The van der Waals surface area contributed by atoms with Gasteiger partial charge in [-0.25, -0.2) is 0 Å². The van der Waals surface area contributed by atoms with Crippen molar-refractivity contribution in [2.75, 3.05) is 13.9 Å². The maximum absolute atomic E-state index is 12.0. The van der Waals surface area contributed by atoms with E-state index in [0.717, 1.165) is 11.3 Å². The Bertz CT molecular complexity index is 861. The Morgan fingerprint density at radius 2 is 1.96 bits per heavy atom. The molecule has 1 aliphatic rings. The second-order valence-corrected chi connectivity index (χ2v) is 5.42. The maximum Gasteiger partial charge on any atom is 0.280 e. The zero-order valence-corrected chi connectivity index (χ0v) is 13.9. The number of nitrogens with zero attached hydrogens (tertiary/aromatic N) is 1. The van der Waals surface area contributed by atoms with Crippen molar-refractivity contribution in [3.05, 3.63) is 63.7 Å². The van der Waals surface area contributed by atoms with Crippen LogP contribution in [0.1, 0.15) is 11.1 Å². The summed E-state index contributed by atoms with van der Waals surface area (Å²) < 4.78 is 15.4. The summed E-state index contributed by atoms with van der Waals surface area (Å²) in [6, 6.07) is 10.0. The lowest BCUT2D eigenvalue weighted by atomic mass is 10.1. The molecule has 0 atom stereocenters. The lowest BCUT2D eigenvalue weighted by molar-refractivity contribution is -0.385. The molecule has 0 saturated heterocycles. The van der Waals surface area contributed by atoms with E-state index in [9.17, 15) is 14.9 Å². The molecule has 0 aromatic heterocycles. The molecule has 1 aliphatic heterocycles. The van der Waals surface area contributed by atoms with Crippen LogP contribution in [0.4, 0.5) is 5.69 Å². The summed E-state index contributed by atoms with van der Waals surface area (Å²) in [6.07, 6.45) is 2.62. The van der Waals surface area contributed by atoms with E-state index >= 15 is 0 Å². The van der Waals surface area contributed by atoms with Gasteiger partial charge >= 0.3 is 0 Å². The fourth-order valence-electron chi connectivity index (χ4n) is 2.40. The highest BCUT2D eigenvalue weighted by atomic mass is 16.7. The molecular formula is C18H16N2O6. The number of methoxy groups -OCH3 is 1. The zero-order chi connectivity index (χ0) is 18.5. The molecule has 1 amide bonds. The standard InChI is InChI=1S/C18H16N2O6/c1-24-14-5-2-12(3-6-14)10-19-18(21)7-4-13-8-16-17(26-11-25-16)9-15(13)20(22)23/h2-9H,10-11H2,1H3,(H,19,21)/b7-4+. The minimum atomic E-state index is -0.531. The third kappa shape index (κ3) is 3.92. The first-order chi connectivity index (χ1) is 12.6. The SMILES string of the molecule is COc1ccc(CNC(=O)/C=C/c2cc3c(cc2[N+](=O)[O-])OCO3)cc1. The Kier molecular flexibility index (Phi) is 5.02. The largest absolute Gasteiger partial charge is 0.497 e. The number of nitro benzene ring substituents is 1. The number of amides is 1. The minimum absolute atomic E-state index is 0.0159. The first-order valence-corrected chi connectivity index (χ1v) is 7.73. The van der Waals surface area contributed by atoms with Gasteiger partial charge in [0.25, 0.3) is 5.69 Å². The Hall–Kier alpha value is -3.55. The summed E-state index contributed by atoms with van der Waals surface area (Å²) in [5, 5.41) is 13.9. The third-order valence-corrected chi connectivity index (χ3v) is 3.76. The van der Waals surface area contributed by atoms with Crippen LogP contribution in [0, 0.1) is 10.1 Å². The van der Waals surface area contributed by atoms with Crippen molar-refractivity contribution in [2.45, 2.75) is 6.54 Å². The maximum atomic E-state index is 12.0. The highest BCUT2D eigenvalue weighted by molar-refractivity contribution is 5.92. The fraction of sp³-hybridized carbons (Fsp3) is 0.167. The summed E-state index contributed by atoms with van der Waals surface area (Å²) >= 11 is 0. The van der Waals surface area contributed by atoms with Crippen molar-refractivity contribution < 1.29 is 23.9 Å². The minimum Gasteiger partial charge on any atom is -0.497 e. The predicted octanol–water partition coefficient (Wildman–Crippen LogP) is 2.66. The van der Waals surface area contributed by atoms with Crippen LogP contribution in [-0.2, 0) is 11.3 Å². The molecule has 8 nitrogen and oxygen atoms in total. The average Bonchev–Trinajstić information content (AvgIpc) is 3.11. The van der Waals surface area contributed by atoms with Gasteiger partial charge in [0.2, 0.25) is 12.7 Å². The lowest BCUT2D eigenvalue weighted by Crippen LogP contribution is -2.20. The Labute approximate surface area is 149 Å². The molecule has 0 unspecified atom stereocenters. The number of rotatable bonds is 6. The van der Waals surface area contributed by atoms with Crippen molar-refractivity contribution >= 4 is 17.7 Å². The van der Waals surface area contributed by atoms with Crippen LogP contribution < -0.4 is 19.5 Å². The van der Waals surface area contributed by atoms with Gasteiger partial charge in [0.1, 0.15) is 5.75 Å². The number of hydrogen-bond acceptors (Lipinski definition) is 6. The number of nitro groups is 1. The second kappa shape index (κ2) is 7.56. The summed E-state index contributed by atoms with van der Waals surface area (Å²) in [6.45, 7) is 0.346. The number of hydrogen-bond donors (Lipinski definition) is 1.